The normalized spacial score (nSPS) is 16.3. The maximum absolute atomic E-state index is 6.02. The largest absolute Gasteiger partial charge is 0.492 e. The first-order chi connectivity index (χ1) is 15.2. The number of rotatable bonds is 10. The number of likely N-dealkylation sites (N-methyl/N-ethyl adjacent to an activating group) is 1. The van der Waals surface area contributed by atoms with Gasteiger partial charge in [-0.25, -0.2) is 0 Å². The third kappa shape index (κ3) is 7.83. The molecule has 170 valence electrons. The summed E-state index contributed by atoms with van der Waals surface area (Å²) < 4.78 is 11.5. The molecule has 0 spiro atoms. The van der Waals surface area contributed by atoms with Crippen LogP contribution in [0.15, 0.2) is 46.1 Å². The minimum absolute atomic E-state index is 0.445. The summed E-state index contributed by atoms with van der Waals surface area (Å²) in [6, 6.07) is 11.1. The zero-order valence-electron chi connectivity index (χ0n) is 19.0. The second kappa shape index (κ2) is 12.7. The average molecular weight is 445 g/mol. The molecule has 6 nitrogen and oxygen atoms in total. The van der Waals surface area contributed by atoms with Gasteiger partial charge in [-0.3, -0.25) is 9.89 Å². The number of guanidine groups is 1. The summed E-state index contributed by atoms with van der Waals surface area (Å²) in [7, 11) is 3.98. The molecule has 1 aromatic heterocycles. The second-order valence-electron chi connectivity index (χ2n) is 8.08. The second-order valence-corrected chi connectivity index (χ2v) is 8.86. The topological polar surface area (TPSA) is 58.1 Å². The van der Waals surface area contributed by atoms with Crippen LogP contribution in [0.2, 0.25) is 0 Å². The van der Waals surface area contributed by atoms with Crippen molar-refractivity contribution in [2.24, 2.45) is 4.99 Å². The summed E-state index contributed by atoms with van der Waals surface area (Å²) in [5.41, 5.74) is 2.53. The molecule has 0 radical (unpaired) electrons. The summed E-state index contributed by atoms with van der Waals surface area (Å²) >= 11 is 1.74. The lowest BCUT2D eigenvalue weighted by molar-refractivity contribution is 0.0392. The van der Waals surface area contributed by atoms with Gasteiger partial charge in [-0.15, -0.1) is 0 Å². The van der Waals surface area contributed by atoms with Crippen molar-refractivity contribution in [1.82, 2.24) is 15.5 Å². The van der Waals surface area contributed by atoms with Crippen LogP contribution in [-0.4, -0.2) is 63.9 Å². The van der Waals surface area contributed by atoms with Crippen LogP contribution in [0, 0.1) is 0 Å². The molecule has 1 unspecified atom stereocenters. The van der Waals surface area contributed by atoms with E-state index in [4.69, 9.17) is 9.47 Å². The van der Waals surface area contributed by atoms with Crippen LogP contribution >= 0.6 is 11.3 Å². The summed E-state index contributed by atoms with van der Waals surface area (Å²) in [6.07, 6.45) is 2.22. The van der Waals surface area contributed by atoms with Crippen molar-refractivity contribution in [2.45, 2.75) is 38.3 Å². The van der Waals surface area contributed by atoms with Gasteiger partial charge in [0.05, 0.1) is 0 Å². The van der Waals surface area contributed by atoms with Crippen LogP contribution in [0.5, 0.6) is 5.75 Å². The Hall–Kier alpha value is -2.09. The molecule has 2 heterocycles. The number of aliphatic imine (C=N–C) groups is 1. The van der Waals surface area contributed by atoms with Crippen molar-refractivity contribution < 1.29 is 9.47 Å². The van der Waals surface area contributed by atoms with Crippen LogP contribution in [0.3, 0.4) is 0 Å². The Morgan fingerprint density at radius 2 is 2.13 bits per heavy atom. The molecule has 0 amide bonds. The zero-order chi connectivity index (χ0) is 21.9. The predicted molar refractivity (Wildman–Crippen MR) is 129 cm³/mol. The van der Waals surface area contributed by atoms with E-state index in [1.165, 1.54) is 11.1 Å². The van der Waals surface area contributed by atoms with E-state index in [1.54, 1.807) is 18.4 Å². The number of benzene rings is 1. The smallest absolute Gasteiger partial charge is 0.191 e. The van der Waals surface area contributed by atoms with Crippen LogP contribution in [0.1, 0.15) is 36.8 Å². The monoisotopic (exact) mass is 444 g/mol. The maximum atomic E-state index is 6.02. The van der Waals surface area contributed by atoms with Crippen LogP contribution in [0.4, 0.5) is 0 Å². The first kappa shape index (κ1) is 23.6. The number of nitrogens with zero attached hydrogens (tertiary/aromatic N) is 2. The Morgan fingerprint density at radius 3 is 2.87 bits per heavy atom. The lowest BCUT2D eigenvalue weighted by atomic mass is 10.1. The molecule has 1 aromatic carbocycles. The molecule has 2 N–H and O–H groups in total. The van der Waals surface area contributed by atoms with Crippen LogP contribution in [-0.2, 0) is 11.3 Å². The Bertz CT molecular complexity index is 791. The van der Waals surface area contributed by atoms with Crippen molar-refractivity contribution in [3.05, 3.63) is 52.2 Å². The van der Waals surface area contributed by atoms with Gasteiger partial charge in [0, 0.05) is 45.9 Å². The molecular formula is C24H36N4O2S. The molecular weight excluding hydrogens is 408 g/mol. The van der Waals surface area contributed by atoms with Gasteiger partial charge in [0.15, 0.2) is 5.96 Å². The standard InChI is InChI=1S/C24H36N4O2S/c1-19(21-9-14-31-18-21)16-26-24(25-2)27-17-20-5-4-6-23(15-20)30-13-10-28(3)22-7-11-29-12-8-22/h4-6,9,14-15,18-19,22H,7-8,10-13,16-17H2,1-3H3,(H2,25,26,27). The Balaban J connectivity index is 1.39. The number of ether oxygens (including phenoxy) is 2. The quantitative estimate of drug-likeness (QED) is 0.432. The van der Waals surface area contributed by atoms with E-state index in [1.807, 2.05) is 12.1 Å². The van der Waals surface area contributed by atoms with Gasteiger partial charge in [0.25, 0.3) is 0 Å². The van der Waals surface area contributed by atoms with Crippen LogP contribution < -0.4 is 15.4 Å². The summed E-state index contributed by atoms with van der Waals surface area (Å²) in [4.78, 5) is 6.73. The molecule has 31 heavy (non-hydrogen) atoms. The Morgan fingerprint density at radius 1 is 1.29 bits per heavy atom. The lowest BCUT2D eigenvalue weighted by Crippen LogP contribution is -2.38. The van der Waals surface area contributed by atoms with Crippen molar-refractivity contribution >= 4 is 17.3 Å². The molecule has 0 aliphatic carbocycles. The van der Waals surface area contributed by atoms with E-state index in [2.05, 4.69) is 63.5 Å². The molecule has 1 fully saturated rings. The summed E-state index contributed by atoms with van der Waals surface area (Å²) in [5, 5.41) is 11.1. The van der Waals surface area contributed by atoms with Gasteiger partial charge in [0.2, 0.25) is 0 Å². The van der Waals surface area contributed by atoms with E-state index >= 15 is 0 Å². The molecule has 1 aliphatic rings. The molecule has 1 atom stereocenters. The average Bonchev–Trinajstić information content (AvgIpc) is 3.35. The molecule has 1 saturated heterocycles. The minimum Gasteiger partial charge on any atom is -0.492 e. The first-order valence-electron chi connectivity index (χ1n) is 11.1. The highest BCUT2D eigenvalue weighted by Crippen LogP contribution is 2.17. The van der Waals surface area contributed by atoms with Gasteiger partial charge in [-0.1, -0.05) is 19.1 Å². The zero-order valence-corrected chi connectivity index (χ0v) is 19.8. The van der Waals surface area contributed by atoms with Gasteiger partial charge < -0.3 is 20.1 Å². The van der Waals surface area contributed by atoms with E-state index in [-0.39, 0.29) is 0 Å². The van der Waals surface area contributed by atoms with Gasteiger partial charge in [-0.2, -0.15) is 11.3 Å². The third-order valence-electron chi connectivity index (χ3n) is 5.80. The van der Waals surface area contributed by atoms with E-state index in [0.29, 0.717) is 25.1 Å². The number of hydrogen-bond donors (Lipinski definition) is 2. The highest BCUT2D eigenvalue weighted by Gasteiger charge is 2.18. The van der Waals surface area contributed by atoms with Gasteiger partial charge >= 0.3 is 0 Å². The fourth-order valence-electron chi connectivity index (χ4n) is 3.69. The molecule has 3 rings (SSSR count). The SMILES string of the molecule is CN=C(NCc1cccc(OCCN(C)C2CCOCC2)c1)NCC(C)c1ccsc1. The van der Waals surface area contributed by atoms with E-state index in [0.717, 1.165) is 50.9 Å². The molecule has 0 saturated carbocycles. The molecule has 0 bridgehead atoms. The van der Waals surface area contributed by atoms with Crippen molar-refractivity contribution in [1.29, 1.82) is 0 Å². The number of thiophene rings is 1. The first-order valence-corrected chi connectivity index (χ1v) is 12.1. The van der Waals surface area contributed by atoms with Crippen molar-refractivity contribution in [3.8, 4) is 5.75 Å². The Labute approximate surface area is 190 Å². The fourth-order valence-corrected chi connectivity index (χ4v) is 4.47. The van der Waals surface area contributed by atoms with Gasteiger partial charge in [-0.05, 0) is 65.9 Å². The van der Waals surface area contributed by atoms with Gasteiger partial charge in [0.1, 0.15) is 12.4 Å². The lowest BCUT2D eigenvalue weighted by Gasteiger charge is -2.31. The molecule has 1 aliphatic heterocycles. The van der Waals surface area contributed by atoms with E-state index in [9.17, 15) is 0 Å². The summed E-state index contributed by atoms with van der Waals surface area (Å²) in [6.45, 7) is 7.13. The number of nitrogens with one attached hydrogen (secondary N) is 2. The predicted octanol–water partition coefficient (Wildman–Crippen LogP) is 3.71. The van der Waals surface area contributed by atoms with E-state index < -0.39 is 0 Å². The minimum atomic E-state index is 0.445. The highest BCUT2D eigenvalue weighted by molar-refractivity contribution is 7.07. The summed E-state index contributed by atoms with van der Waals surface area (Å²) in [5.74, 6) is 2.17. The fraction of sp³-hybridized carbons (Fsp3) is 0.542. The third-order valence-corrected chi connectivity index (χ3v) is 6.50. The number of hydrogen-bond acceptors (Lipinski definition) is 5. The maximum Gasteiger partial charge on any atom is 0.191 e. The van der Waals surface area contributed by atoms with Crippen molar-refractivity contribution in [2.75, 3.05) is 47.0 Å². The molecule has 7 heteroatoms. The highest BCUT2D eigenvalue weighted by atomic mass is 32.1. The van der Waals surface area contributed by atoms with Crippen LogP contribution in [0.25, 0.3) is 0 Å². The Kier molecular flexibility index (Phi) is 9.65. The van der Waals surface area contributed by atoms with Crippen molar-refractivity contribution in [3.63, 3.8) is 0 Å². The molecule has 2 aromatic rings.